The van der Waals surface area contributed by atoms with E-state index >= 15 is 0 Å². The fourth-order valence-corrected chi connectivity index (χ4v) is 5.79. The molecule has 3 fully saturated rings. The smallest absolute Gasteiger partial charge is 0.324 e. The number of hydrogen-bond acceptors (Lipinski definition) is 9. The standard InChI is InChI=1S/C27H39FN6O4/c1-17(2)24-31-25(38-32-24)33-9-3-4-19(7-10-33)27(30)16-26(27,29)8-11-37-21-6-5-18(22(28)13-21)12-23(36)34-14-20(35)15-34/h5-6,13,17,19-20,35H,3-4,7-12,14-16,29-30H2,1-2H3. The van der Waals surface area contributed by atoms with Gasteiger partial charge in [0.25, 0.3) is 0 Å². The van der Waals surface area contributed by atoms with Crippen LogP contribution in [-0.2, 0) is 11.2 Å². The Labute approximate surface area is 222 Å². The first-order chi connectivity index (χ1) is 18.1. The first-order valence-corrected chi connectivity index (χ1v) is 13.6. The Bertz CT molecular complexity index is 1150. The van der Waals surface area contributed by atoms with Gasteiger partial charge in [0.1, 0.15) is 11.6 Å². The van der Waals surface area contributed by atoms with E-state index in [1.165, 1.54) is 11.0 Å². The molecule has 3 heterocycles. The van der Waals surface area contributed by atoms with E-state index in [0.29, 0.717) is 43.4 Å². The van der Waals surface area contributed by atoms with Crippen LogP contribution in [0.2, 0.25) is 0 Å². The third kappa shape index (κ3) is 5.37. The van der Waals surface area contributed by atoms with Gasteiger partial charge in [-0.2, -0.15) is 4.98 Å². The van der Waals surface area contributed by atoms with Crippen molar-refractivity contribution in [1.82, 2.24) is 15.0 Å². The molecule has 2 aromatic rings. The molecule has 2 aliphatic heterocycles. The summed E-state index contributed by atoms with van der Waals surface area (Å²) in [5.74, 6) is 0.941. The van der Waals surface area contributed by atoms with Gasteiger partial charge in [-0.1, -0.05) is 25.1 Å². The summed E-state index contributed by atoms with van der Waals surface area (Å²) in [7, 11) is 0. The third-order valence-corrected chi connectivity index (χ3v) is 8.48. The summed E-state index contributed by atoms with van der Waals surface area (Å²) in [6, 6.07) is 5.13. The van der Waals surface area contributed by atoms with Gasteiger partial charge in [-0.15, -0.1) is 0 Å². The normalized spacial score (nSPS) is 27.8. The van der Waals surface area contributed by atoms with Crippen LogP contribution in [0.3, 0.4) is 0 Å². The summed E-state index contributed by atoms with van der Waals surface area (Å²) in [6.07, 6.45) is 3.65. The summed E-state index contributed by atoms with van der Waals surface area (Å²) < 4.78 is 25.9. The maximum absolute atomic E-state index is 14.6. The van der Waals surface area contributed by atoms with Gasteiger partial charge in [0.15, 0.2) is 5.82 Å². The highest BCUT2D eigenvalue weighted by Gasteiger charge is 2.65. The van der Waals surface area contributed by atoms with Crippen LogP contribution in [0.15, 0.2) is 22.7 Å². The van der Waals surface area contributed by atoms with Gasteiger partial charge < -0.3 is 35.6 Å². The Balaban J connectivity index is 1.10. The molecule has 1 amide bonds. The maximum Gasteiger partial charge on any atom is 0.324 e. The Kier molecular flexibility index (Phi) is 7.36. The molecule has 0 bridgehead atoms. The quantitative estimate of drug-likeness (QED) is 0.443. The van der Waals surface area contributed by atoms with Crippen molar-refractivity contribution in [2.45, 2.75) is 75.5 Å². The molecular weight excluding hydrogens is 491 g/mol. The number of amides is 1. The van der Waals surface area contributed by atoms with E-state index in [0.717, 1.165) is 44.6 Å². The van der Waals surface area contributed by atoms with Crippen molar-refractivity contribution in [2.75, 3.05) is 37.7 Å². The highest BCUT2D eigenvalue weighted by atomic mass is 19.1. The number of β-amino-alcohol motifs (C(OH)–C–C–N with tert-alkyl or cyclic N) is 1. The Morgan fingerprint density at radius 2 is 2.08 bits per heavy atom. The number of nitrogens with zero attached hydrogens (tertiary/aromatic N) is 4. The number of ether oxygens (including phenoxy) is 1. The largest absolute Gasteiger partial charge is 0.493 e. The van der Waals surface area contributed by atoms with Crippen LogP contribution in [0.25, 0.3) is 0 Å². The number of benzene rings is 1. The van der Waals surface area contributed by atoms with Gasteiger partial charge in [0.2, 0.25) is 5.91 Å². The van der Waals surface area contributed by atoms with Crippen molar-refractivity contribution in [3.05, 3.63) is 35.4 Å². The number of aliphatic hydroxyl groups excluding tert-OH is 1. The summed E-state index contributed by atoms with van der Waals surface area (Å²) in [4.78, 5) is 20.4. The second-order valence-electron chi connectivity index (χ2n) is 11.6. The van der Waals surface area contributed by atoms with Crippen molar-refractivity contribution in [2.24, 2.45) is 17.4 Å². The van der Waals surface area contributed by atoms with E-state index in [-0.39, 0.29) is 24.2 Å². The van der Waals surface area contributed by atoms with Gasteiger partial charge >= 0.3 is 6.01 Å². The molecule has 0 radical (unpaired) electrons. The number of likely N-dealkylation sites (tertiary alicyclic amines) is 1. The lowest BCUT2D eigenvalue weighted by atomic mass is 9.86. The molecule has 2 saturated heterocycles. The Hall–Kier alpha value is -2.76. The second kappa shape index (κ2) is 10.4. The maximum atomic E-state index is 14.6. The molecule has 38 heavy (non-hydrogen) atoms. The predicted octanol–water partition coefficient (Wildman–Crippen LogP) is 1.95. The van der Waals surface area contributed by atoms with Gasteiger partial charge in [-0.05, 0) is 43.2 Å². The summed E-state index contributed by atoms with van der Waals surface area (Å²) >= 11 is 0. The number of hydrogen-bond donors (Lipinski definition) is 3. The fraction of sp³-hybridized carbons (Fsp3) is 0.667. The third-order valence-electron chi connectivity index (χ3n) is 8.48. The van der Waals surface area contributed by atoms with E-state index < -0.39 is 23.0 Å². The first kappa shape index (κ1) is 26.8. The van der Waals surface area contributed by atoms with E-state index in [1.807, 2.05) is 13.8 Å². The van der Waals surface area contributed by atoms with Crippen molar-refractivity contribution in [1.29, 1.82) is 0 Å². The first-order valence-electron chi connectivity index (χ1n) is 13.6. The number of halogens is 1. The topological polar surface area (TPSA) is 144 Å². The molecule has 3 aliphatic rings. The predicted molar refractivity (Wildman–Crippen MR) is 139 cm³/mol. The van der Waals surface area contributed by atoms with Gasteiger partial charge in [-0.25, -0.2) is 4.39 Å². The van der Waals surface area contributed by atoms with Crippen LogP contribution in [0, 0.1) is 11.7 Å². The minimum absolute atomic E-state index is 0.0371. The highest BCUT2D eigenvalue weighted by molar-refractivity contribution is 5.79. The molecule has 0 spiro atoms. The average molecular weight is 531 g/mol. The number of carbonyl (C=O) groups is 1. The van der Waals surface area contributed by atoms with Crippen molar-refractivity contribution < 1.29 is 23.6 Å². The molecule has 1 aliphatic carbocycles. The number of aliphatic hydroxyl groups is 1. The number of rotatable bonds is 9. The van der Waals surface area contributed by atoms with Crippen LogP contribution < -0.4 is 21.1 Å². The van der Waals surface area contributed by atoms with E-state index in [1.54, 1.807) is 12.1 Å². The number of anilines is 1. The van der Waals surface area contributed by atoms with Crippen LogP contribution >= 0.6 is 0 Å². The minimum atomic E-state index is -0.519. The number of aromatic nitrogens is 2. The highest BCUT2D eigenvalue weighted by Crippen LogP contribution is 2.53. The zero-order valence-electron chi connectivity index (χ0n) is 22.2. The number of nitrogens with two attached hydrogens (primary N) is 2. The van der Waals surface area contributed by atoms with Crippen molar-refractivity contribution in [3.8, 4) is 5.75 Å². The second-order valence-corrected chi connectivity index (χ2v) is 11.6. The monoisotopic (exact) mass is 530 g/mol. The Morgan fingerprint density at radius 3 is 2.76 bits per heavy atom. The molecule has 5 N–H and O–H groups in total. The molecular formula is C27H39FN6O4. The molecule has 3 unspecified atom stereocenters. The zero-order valence-corrected chi connectivity index (χ0v) is 22.2. The number of carbonyl (C=O) groups excluding carboxylic acids is 1. The van der Waals surface area contributed by atoms with Crippen molar-refractivity contribution >= 4 is 11.9 Å². The van der Waals surface area contributed by atoms with Crippen LogP contribution in [0.1, 0.15) is 63.3 Å². The molecule has 1 saturated carbocycles. The lowest BCUT2D eigenvalue weighted by Crippen LogP contribution is -2.54. The molecule has 5 rings (SSSR count). The summed E-state index contributed by atoms with van der Waals surface area (Å²) in [6.45, 7) is 6.67. The summed E-state index contributed by atoms with van der Waals surface area (Å²) in [5.41, 5.74) is 12.9. The van der Waals surface area contributed by atoms with Crippen LogP contribution in [-0.4, -0.2) is 76.0 Å². The molecule has 10 nitrogen and oxygen atoms in total. The lowest BCUT2D eigenvalue weighted by molar-refractivity contribution is -0.140. The zero-order chi connectivity index (χ0) is 27.1. The molecule has 11 heteroatoms. The molecule has 1 aromatic carbocycles. The van der Waals surface area contributed by atoms with Crippen LogP contribution in [0.5, 0.6) is 5.75 Å². The minimum Gasteiger partial charge on any atom is -0.493 e. The van der Waals surface area contributed by atoms with Gasteiger partial charge in [0.05, 0.1) is 19.1 Å². The lowest BCUT2D eigenvalue weighted by Gasteiger charge is -2.35. The Morgan fingerprint density at radius 1 is 1.29 bits per heavy atom. The SMILES string of the molecule is CC(C)c1noc(N2CCCC(C3(N)CC3(N)CCOc3ccc(CC(=O)N4CC(O)C4)c(F)c3)CC2)n1. The fourth-order valence-electron chi connectivity index (χ4n) is 5.79. The van der Waals surface area contributed by atoms with E-state index in [9.17, 15) is 14.3 Å². The van der Waals surface area contributed by atoms with E-state index in [2.05, 4.69) is 15.0 Å². The average Bonchev–Trinajstić information content (AvgIpc) is 3.20. The molecule has 208 valence electrons. The van der Waals surface area contributed by atoms with Gasteiger partial charge in [0, 0.05) is 55.7 Å². The van der Waals surface area contributed by atoms with Crippen LogP contribution in [0.4, 0.5) is 10.4 Å². The molecule has 1 aromatic heterocycles. The van der Waals surface area contributed by atoms with Crippen molar-refractivity contribution in [3.63, 3.8) is 0 Å². The van der Waals surface area contributed by atoms with E-state index in [4.69, 9.17) is 20.7 Å². The van der Waals surface area contributed by atoms with Gasteiger partial charge in [-0.3, -0.25) is 4.79 Å². The summed E-state index contributed by atoms with van der Waals surface area (Å²) in [5, 5.41) is 13.4. The molecule has 3 atom stereocenters.